The van der Waals surface area contributed by atoms with Crippen molar-refractivity contribution in [3.8, 4) is 0 Å². The number of rotatable bonds is 3. The summed E-state index contributed by atoms with van der Waals surface area (Å²) in [6, 6.07) is 54.9. The second-order valence-electron chi connectivity index (χ2n) is 13.2. The summed E-state index contributed by atoms with van der Waals surface area (Å²) >= 11 is 0. The van der Waals surface area contributed by atoms with E-state index >= 15 is 0 Å². The summed E-state index contributed by atoms with van der Waals surface area (Å²) in [7, 11) is 0. The maximum absolute atomic E-state index is 5.38. The Morgan fingerprint density at radius 2 is 0.918 bits per heavy atom. The SMILES string of the molecule is c1ccc(N(c2ccccc2)c2cccc3c4cccc5c6c7c8cccc9c%10ccc%11ccccc%11c%10n(c7ncc6n(c23)c45)c98)cc1. The Balaban J connectivity index is 1.28. The molecule has 226 valence electrons. The van der Waals surface area contributed by atoms with Crippen LogP contribution >= 0.6 is 0 Å². The van der Waals surface area contributed by atoms with Crippen LogP contribution in [0.5, 0.6) is 0 Å². The van der Waals surface area contributed by atoms with E-state index in [1.54, 1.807) is 0 Å². The van der Waals surface area contributed by atoms with Crippen LogP contribution in [0.1, 0.15) is 0 Å². The zero-order chi connectivity index (χ0) is 31.8. The summed E-state index contributed by atoms with van der Waals surface area (Å²) in [5.74, 6) is 0. The lowest BCUT2D eigenvalue weighted by Crippen LogP contribution is -2.10. The molecule has 0 aliphatic rings. The van der Waals surface area contributed by atoms with Crippen LogP contribution in [-0.4, -0.2) is 13.8 Å². The average Bonchev–Trinajstić information content (AvgIpc) is 3.89. The molecule has 4 heteroatoms. The number of para-hydroxylation sites is 5. The fourth-order valence-electron chi connectivity index (χ4n) is 8.90. The number of pyridine rings is 1. The molecule has 0 saturated carbocycles. The molecule has 4 nitrogen and oxygen atoms in total. The van der Waals surface area contributed by atoms with Gasteiger partial charge in [0.05, 0.1) is 39.5 Å². The van der Waals surface area contributed by atoms with Crippen LogP contribution in [-0.2, 0) is 0 Å². The molecule has 0 amide bonds. The van der Waals surface area contributed by atoms with Gasteiger partial charge in [-0.3, -0.25) is 4.40 Å². The molecule has 49 heavy (non-hydrogen) atoms. The van der Waals surface area contributed by atoms with Gasteiger partial charge in [0.2, 0.25) is 0 Å². The zero-order valence-corrected chi connectivity index (χ0v) is 26.3. The first kappa shape index (κ1) is 25.4. The summed E-state index contributed by atoms with van der Waals surface area (Å²) in [4.78, 5) is 7.76. The van der Waals surface area contributed by atoms with Crippen molar-refractivity contribution in [2.45, 2.75) is 0 Å². The molecule has 0 fully saturated rings. The Labute approximate surface area is 279 Å². The van der Waals surface area contributed by atoms with Gasteiger partial charge in [-0.1, -0.05) is 121 Å². The lowest BCUT2D eigenvalue weighted by Gasteiger charge is -2.26. The highest BCUT2D eigenvalue weighted by atomic mass is 15.2. The second-order valence-corrected chi connectivity index (χ2v) is 13.2. The van der Waals surface area contributed by atoms with Crippen LogP contribution in [0.3, 0.4) is 0 Å². The number of hydrogen-bond donors (Lipinski definition) is 0. The predicted molar refractivity (Wildman–Crippen MR) is 206 cm³/mol. The maximum atomic E-state index is 5.38. The van der Waals surface area contributed by atoms with Crippen molar-refractivity contribution in [3.63, 3.8) is 0 Å². The second kappa shape index (κ2) is 9.03. The van der Waals surface area contributed by atoms with Crippen LogP contribution < -0.4 is 4.90 Å². The summed E-state index contributed by atoms with van der Waals surface area (Å²) in [5, 5.41) is 12.5. The molecule has 7 aromatic carbocycles. The maximum Gasteiger partial charge on any atom is 0.146 e. The fraction of sp³-hybridized carbons (Fsp3) is 0. The first-order chi connectivity index (χ1) is 24.4. The largest absolute Gasteiger partial charge is 0.308 e. The molecule has 5 aromatic heterocycles. The van der Waals surface area contributed by atoms with Gasteiger partial charge in [0.15, 0.2) is 0 Å². The lowest BCUT2D eigenvalue weighted by atomic mass is 10.0. The van der Waals surface area contributed by atoms with E-state index in [0.717, 1.165) is 28.2 Å². The summed E-state index contributed by atoms with van der Waals surface area (Å²) in [6.07, 6.45) is 2.12. The number of nitrogens with zero attached hydrogens (tertiary/aromatic N) is 4. The molecule has 12 rings (SSSR count). The van der Waals surface area contributed by atoms with Gasteiger partial charge in [-0.25, -0.2) is 4.98 Å². The van der Waals surface area contributed by atoms with E-state index in [9.17, 15) is 0 Å². The third-order valence-corrected chi connectivity index (χ3v) is 10.8. The quantitative estimate of drug-likeness (QED) is 0.196. The molecule has 0 bridgehead atoms. The van der Waals surface area contributed by atoms with Crippen LogP contribution in [0, 0.1) is 0 Å². The summed E-state index contributed by atoms with van der Waals surface area (Å²) in [6.45, 7) is 0. The van der Waals surface area contributed by atoms with Gasteiger partial charge >= 0.3 is 0 Å². The number of aromatic nitrogens is 3. The van der Waals surface area contributed by atoms with Gasteiger partial charge in [0.25, 0.3) is 0 Å². The van der Waals surface area contributed by atoms with E-state index in [0.29, 0.717) is 0 Å². The molecule has 5 heterocycles. The zero-order valence-electron chi connectivity index (χ0n) is 26.3. The normalized spacial score (nSPS) is 12.5. The number of fused-ring (bicyclic) bond motifs is 15. The number of hydrogen-bond acceptors (Lipinski definition) is 2. The van der Waals surface area contributed by atoms with E-state index in [2.05, 4.69) is 172 Å². The van der Waals surface area contributed by atoms with Crippen LogP contribution in [0.2, 0.25) is 0 Å². The Morgan fingerprint density at radius 1 is 0.388 bits per heavy atom. The Hall–Kier alpha value is -6.65. The van der Waals surface area contributed by atoms with Crippen LogP contribution in [0.15, 0.2) is 158 Å². The van der Waals surface area contributed by atoms with Crippen LogP contribution in [0.25, 0.3) is 87.1 Å². The van der Waals surface area contributed by atoms with Gasteiger partial charge in [-0.15, -0.1) is 0 Å². The summed E-state index contributed by atoms with van der Waals surface area (Å²) < 4.78 is 4.92. The van der Waals surface area contributed by atoms with Crippen molar-refractivity contribution in [3.05, 3.63) is 158 Å². The van der Waals surface area contributed by atoms with Crippen molar-refractivity contribution in [1.29, 1.82) is 0 Å². The minimum absolute atomic E-state index is 1.01. The van der Waals surface area contributed by atoms with Gasteiger partial charge in [-0.2, -0.15) is 0 Å². The topological polar surface area (TPSA) is 24.9 Å². The molecule has 0 N–H and O–H groups in total. The van der Waals surface area contributed by atoms with Crippen molar-refractivity contribution < 1.29 is 0 Å². The lowest BCUT2D eigenvalue weighted by molar-refractivity contribution is 1.25. The highest BCUT2D eigenvalue weighted by Crippen LogP contribution is 2.49. The van der Waals surface area contributed by atoms with E-state index in [1.165, 1.54) is 75.9 Å². The molecule has 0 aliphatic carbocycles. The van der Waals surface area contributed by atoms with Gasteiger partial charge in [-0.05, 0) is 35.7 Å². The number of anilines is 3. The van der Waals surface area contributed by atoms with Crippen molar-refractivity contribution in [1.82, 2.24) is 13.8 Å². The first-order valence-corrected chi connectivity index (χ1v) is 16.8. The molecule has 0 aliphatic heterocycles. The minimum atomic E-state index is 1.01. The monoisotopic (exact) mass is 622 g/mol. The molecule has 12 aromatic rings. The minimum Gasteiger partial charge on any atom is -0.308 e. The molecule has 0 unspecified atom stereocenters. The fourth-order valence-corrected chi connectivity index (χ4v) is 8.90. The average molecular weight is 623 g/mol. The number of benzene rings is 7. The molecule has 0 spiro atoms. The van der Waals surface area contributed by atoms with E-state index in [-0.39, 0.29) is 0 Å². The third kappa shape index (κ3) is 3.07. The molecule has 0 radical (unpaired) electrons. The Morgan fingerprint density at radius 3 is 1.65 bits per heavy atom. The smallest absolute Gasteiger partial charge is 0.146 e. The third-order valence-electron chi connectivity index (χ3n) is 10.8. The standard InChI is InChI=1S/C45H26N4/c1-3-13-28(14-4-1)47(29-15-5-2-6-16-29)37-23-11-20-33-31-18-9-21-35-39-38(48(42(31)35)44(33)37)26-46-45-40(39)36-22-10-19-32-34-25-24-27-12-7-8-17-30(27)41(34)49(45)43(32)36/h1-26H. The Bertz CT molecular complexity index is 3220. The Kier molecular flexibility index (Phi) is 4.69. The van der Waals surface area contributed by atoms with Crippen LogP contribution in [0.4, 0.5) is 17.1 Å². The summed E-state index contributed by atoms with van der Waals surface area (Å²) in [5.41, 5.74) is 10.4. The van der Waals surface area contributed by atoms with E-state index in [4.69, 9.17) is 4.98 Å². The van der Waals surface area contributed by atoms with Crippen molar-refractivity contribution >= 4 is 104 Å². The van der Waals surface area contributed by atoms with E-state index in [1.807, 2.05) is 0 Å². The van der Waals surface area contributed by atoms with Gasteiger partial charge in [0.1, 0.15) is 5.65 Å². The highest BCUT2D eigenvalue weighted by Gasteiger charge is 2.27. The van der Waals surface area contributed by atoms with Gasteiger partial charge < -0.3 is 9.30 Å². The molecule has 0 saturated heterocycles. The predicted octanol–water partition coefficient (Wildman–Crippen LogP) is 12.0. The van der Waals surface area contributed by atoms with E-state index < -0.39 is 0 Å². The highest BCUT2D eigenvalue weighted by molar-refractivity contribution is 6.36. The first-order valence-electron chi connectivity index (χ1n) is 16.8. The molecular weight excluding hydrogens is 597 g/mol. The molecular formula is C45H26N4. The molecule has 0 atom stereocenters. The van der Waals surface area contributed by atoms with Crippen molar-refractivity contribution in [2.24, 2.45) is 0 Å². The van der Waals surface area contributed by atoms with Crippen molar-refractivity contribution in [2.75, 3.05) is 4.90 Å². The van der Waals surface area contributed by atoms with Gasteiger partial charge in [0, 0.05) is 59.9 Å².